The highest BCUT2D eigenvalue weighted by Crippen LogP contribution is 2.42. The van der Waals surface area contributed by atoms with Gasteiger partial charge in [0.25, 0.3) is 5.56 Å². The van der Waals surface area contributed by atoms with Crippen molar-refractivity contribution in [2.75, 3.05) is 39.9 Å². The number of hydrogen-bond donors (Lipinski definition) is 1. The summed E-state index contributed by atoms with van der Waals surface area (Å²) in [5.74, 6) is 0. The van der Waals surface area contributed by atoms with Crippen molar-refractivity contribution < 1.29 is 18.7 Å². The Hall–Kier alpha value is -3.82. The van der Waals surface area contributed by atoms with E-state index in [4.69, 9.17) is 14.2 Å². The molecule has 2 saturated heterocycles. The Bertz CT molecular complexity index is 1550. The molecule has 1 aromatic heterocycles. The summed E-state index contributed by atoms with van der Waals surface area (Å²) in [4.78, 5) is 27.4. The van der Waals surface area contributed by atoms with Gasteiger partial charge in [-0.3, -0.25) is 14.3 Å². The van der Waals surface area contributed by atoms with Crippen LogP contribution in [0.25, 0.3) is 0 Å². The van der Waals surface area contributed by atoms with Crippen LogP contribution in [-0.2, 0) is 19.8 Å². The molecule has 2 fully saturated rings. The number of aromatic nitrogens is 2. The van der Waals surface area contributed by atoms with Gasteiger partial charge in [0.15, 0.2) is 0 Å². The topological polar surface area (TPSA) is 82.6 Å². The molecular weight excluding hydrogens is 566 g/mol. The van der Waals surface area contributed by atoms with Crippen molar-refractivity contribution in [3.8, 4) is 0 Å². The molecular formula is C37H44N3O5+. The number of likely N-dealkylation sites (tertiary alicyclic amines) is 1. The van der Waals surface area contributed by atoms with Gasteiger partial charge >= 0.3 is 5.69 Å². The van der Waals surface area contributed by atoms with E-state index in [0.29, 0.717) is 18.6 Å². The first-order valence-corrected chi connectivity index (χ1v) is 16.1. The monoisotopic (exact) mass is 610 g/mol. The molecule has 8 nitrogen and oxygen atoms in total. The summed E-state index contributed by atoms with van der Waals surface area (Å²) in [5.41, 5.74) is 1.67. The van der Waals surface area contributed by atoms with Crippen LogP contribution in [0.15, 0.2) is 107 Å². The van der Waals surface area contributed by atoms with Crippen molar-refractivity contribution in [3.05, 3.63) is 140 Å². The van der Waals surface area contributed by atoms with Crippen LogP contribution in [-0.4, -0.2) is 66.1 Å². The quantitative estimate of drug-likeness (QED) is 0.188. The van der Waals surface area contributed by atoms with Crippen LogP contribution < -0.4 is 11.2 Å². The number of nitrogens with zero attached hydrogens (tertiary/aromatic N) is 2. The van der Waals surface area contributed by atoms with E-state index >= 15 is 0 Å². The minimum absolute atomic E-state index is 0.225. The zero-order valence-corrected chi connectivity index (χ0v) is 26.3. The maximum Gasteiger partial charge on any atom is 0.330 e. The van der Waals surface area contributed by atoms with Crippen LogP contribution in [0.1, 0.15) is 54.2 Å². The minimum atomic E-state index is -0.909. The molecule has 0 saturated carbocycles. The standard InChI is InChI=1S/C37H43N3O5/c1-28-26-39(36(42)38-35(28)41)34-25-32(43-24-23-40(2)21-13-6-14-22-40)33(45-34)27-44-37(29-15-7-3-8-16-29,30-17-9-4-10-18-30)31-19-11-5-12-20-31/h3-5,7-12,15-20,26,32-34H,6,13-14,21-25,27H2,1-2H3/p+1/t32-,33+,34+/m0/s1. The van der Waals surface area contributed by atoms with E-state index < -0.39 is 29.2 Å². The summed E-state index contributed by atoms with van der Waals surface area (Å²) in [6, 6.07) is 30.8. The summed E-state index contributed by atoms with van der Waals surface area (Å²) in [6.45, 7) is 5.76. The molecule has 2 aliphatic heterocycles. The molecule has 236 valence electrons. The van der Waals surface area contributed by atoms with Gasteiger partial charge in [-0.15, -0.1) is 0 Å². The van der Waals surface area contributed by atoms with Gasteiger partial charge in [-0.05, 0) is 42.9 Å². The molecule has 6 rings (SSSR count). The lowest BCUT2D eigenvalue weighted by molar-refractivity contribution is -0.914. The Kier molecular flexibility index (Phi) is 9.47. The fourth-order valence-corrected chi connectivity index (χ4v) is 6.90. The van der Waals surface area contributed by atoms with Gasteiger partial charge in [-0.25, -0.2) is 4.79 Å². The Morgan fingerprint density at radius 3 is 1.98 bits per heavy atom. The molecule has 45 heavy (non-hydrogen) atoms. The van der Waals surface area contributed by atoms with Gasteiger partial charge in [0.05, 0.1) is 39.5 Å². The van der Waals surface area contributed by atoms with Crippen molar-refractivity contribution in [1.82, 2.24) is 9.55 Å². The normalized spacial score (nSPS) is 21.5. The molecule has 0 amide bonds. The lowest BCUT2D eigenvalue weighted by atomic mass is 9.80. The number of H-pyrrole nitrogens is 1. The molecule has 3 aromatic carbocycles. The molecule has 3 atom stereocenters. The fourth-order valence-electron chi connectivity index (χ4n) is 6.90. The molecule has 0 unspecified atom stereocenters. The highest BCUT2D eigenvalue weighted by molar-refractivity contribution is 5.47. The van der Waals surface area contributed by atoms with E-state index in [2.05, 4.69) is 48.4 Å². The second-order valence-electron chi connectivity index (χ2n) is 12.7. The maximum atomic E-state index is 12.9. The van der Waals surface area contributed by atoms with E-state index in [0.717, 1.165) is 27.7 Å². The zero-order chi connectivity index (χ0) is 31.3. The Balaban J connectivity index is 1.32. The number of nitrogens with one attached hydrogen (secondary N) is 1. The molecule has 0 spiro atoms. The van der Waals surface area contributed by atoms with Crippen molar-refractivity contribution in [2.45, 2.75) is 56.6 Å². The lowest BCUT2D eigenvalue weighted by Gasteiger charge is -2.38. The number of rotatable bonds is 11. The summed E-state index contributed by atoms with van der Waals surface area (Å²) >= 11 is 0. The van der Waals surface area contributed by atoms with Gasteiger partial charge in [-0.1, -0.05) is 91.0 Å². The van der Waals surface area contributed by atoms with Crippen LogP contribution in [0.2, 0.25) is 0 Å². The number of aromatic amines is 1. The van der Waals surface area contributed by atoms with Gasteiger partial charge in [0.2, 0.25) is 0 Å². The highest BCUT2D eigenvalue weighted by atomic mass is 16.6. The molecule has 0 radical (unpaired) electrons. The van der Waals surface area contributed by atoms with Crippen molar-refractivity contribution >= 4 is 0 Å². The van der Waals surface area contributed by atoms with Gasteiger partial charge in [0.1, 0.15) is 24.5 Å². The number of quaternary nitrogens is 1. The number of ether oxygens (including phenoxy) is 3. The van der Waals surface area contributed by atoms with Crippen LogP contribution in [0.5, 0.6) is 0 Å². The summed E-state index contributed by atoms with van der Waals surface area (Å²) in [7, 11) is 2.31. The molecule has 3 heterocycles. The maximum absolute atomic E-state index is 12.9. The molecule has 2 aliphatic rings. The third-order valence-corrected chi connectivity index (χ3v) is 9.50. The largest absolute Gasteiger partial charge is 0.369 e. The Labute approximate surface area is 264 Å². The Morgan fingerprint density at radius 2 is 1.42 bits per heavy atom. The zero-order valence-electron chi connectivity index (χ0n) is 26.3. The van der Waals surface area contributed by atoms with Crippen molar-refractivity contribution in [2.24, 2.45) is 0 Å². The molecule has 1 N–H and O–H groups in total. The molecule has 4 aromatic rings. The minimum Gasteiger partial charge on any atom is -0.369 e. The summed E-state index contributed by atoms with van der Waals surface area (Å²) in [5, 5.41) is 0. The molecule has 0 aliphatic carbocycles. The first kappa shape index (κ1) is 31.2. The highest BCUT2D eigenvalue weighted by Gasteiger charge is 2.43. The van der Waals surface area contributed by atoms with Crippen LogP contribution in [0, 0.1) is 6.92 Å². The predicted molar refractivity (Wildman–Crippen MR) is 174 cm³/mol. The van der Waals surface area contributed by atoms with Gasteiger partial charge in [-0.2, -0.15) is 0 Å². The second kappa shape index (κ2) is 13.7. The fraction of sp³-hybridized carbons (Fsp3) is 0.405. The molecule has 0 bridgehead atoms. The Morgan fingerprint density at radius 1 is 0.867 bits per heavy atom. The SMILES string of the molecule is Cc1cn([C@H]2C[C@H](OCC[N+]3(C)CCCCC3)[C@@H](COC(c3ccccc3)(c3ccccc3)c3ccccc3)O2)c(=O)[nH]c1=O. The second-order valence-corrected chi connectivity index (χ2v) is 12.7. The smallest absolute Gasteiger partial charge is 0.330 e. The number of benzene rings is 3. The van der Waals surface area contributed by atoms with E-state index in [1.807, 2.05) is 54.6 Å². The third kappa shape index (κ3) is 6.75. The predicted octanol–water partition coefficient (Wildman–Crippen LogP) is 5.16. The average Bonchev–Trinajstić information content (AvgIpc) is 3.47. The van der Waals surface area contributed by atoms with E-state index in [1.54, 1.807) is 13.1 Å². The number of likely N-dealkylation sites (N-methyl/N-ethyl adjacent to an activating group) is 1. The first-order chi connectivity index (χ1) is 21.9. The third-order valence-electron chi connectivity index (χ3n) is 9.50. The summed E-state index contributed by atoms with van der Waals surface area (Å²) in [6.07, 6.45) is 4.50. The average molecular weight is 611 g/mol. The van der Waals surface area contributed by atoms with Crippen LogP contribution >= 0.6 is 0 Å². The van der Waals surface area contributed by atoms with Crippen LogP contribution in [0.3, 0.4) is 0 Å². The van der Waals surface area contributed by atoms with Gasteiger partial charge < -0.3 is 18.7 Å². The van der Waals surface area contributed by atoms with E-state index in [1.165, 1.54) is 36.9 Å². The summed E-state index contributed by atoms with van der Waals surface area (Å²) < 4.78 is 22.8. The van der Waals surface area contributed by atoms with E-state index in [-0.39, 0.29) is 12.7 Å². The number of piperidine rings is 1. The van der Waals surface area contributed by atoms with Crippen LogP contribution in [0.4, 0.5) is 0 Å². The van der Waals surface area contributed by atoms with Gasteiger partial charge in [0, 0.05) is 18.2 Å². The lowest BCUT2D eigenvalue weighted by Crippen LogP contribution is -2.50. The number of hydrogen-bond acceptors (Lipinski definition) is 5. The van der Waals surface area contributed by atoms with Crippen molar-refractivity contribution in [3.63, 3.8) is 0 Å². The molecule has 8 heteroatoms. The first-order valence-electron chi connectivity index (χ1n) is 16.1. The van der Waals surface area contributed by atoms with E-state index in [9.17, 15) is 9.59 Å². The number of aryl methyl sites for hydroxylation is 1. The van der Waals surface area contributed by atoms with Crippen molar-refractivity contribution in [1.29, 1.82) is 0 Å².